The molecule has 0 saturated carbocycles. The molecule has 0 aromatic heterocycles. The lowest BCUT2D eigenvalue weighted by Crippen LogP contribution is -2.16. The van der Waals surface area contributed by atoms with Crippen LogP contribution in [0.15, 0.2) is 48.5 Å². The maximum absolute atomic E-state index is 10.6. The highest BCUT2D eigenvalue weighted by Crippen LogP contribution is 2.18. The average molecular weight is 255 g/mol. The number of methoxy groups -OCH3 is 1. The van der Waals surface area contributed by atoms with E-state index in [0.29, 0.717) is 5.56 Å². The van der Waals surface area contributed by atoms with Gasteiger partial charge in [-0.15, -0.1) is 0 Å². The molecule has 0 amide bonds. The minimum Gasteiger partial charge on any atom is -0.497 e. The summed E-state index contributed by atoms with van der Waals surface area (Å²) in [5.74, 6) is 0.863. The lowest BCUT2D eigenvalue weighted by molar-refractivity contribution is 0.112. The molecule has 2 aromatic rings. The van der Waals surface area contributed by atoms with Crippen molar-refractivity contribution in [2.45, 2.75) is 6.54 Å². The first-order chi connectivity index (χ1) is 9.22. The second kappa shape index (κ2) is 6.05. The van der Waals surface area contributed by atoms with E-state index in [4.69, 9.17) is 4.74 Å². The molecule has 0 aliphatic rings. The molecule has 0 spiro atoms. The van der Waals surface area contributed by atoms with Crippen LogP contribution in [-0.4, -0.2) is 20.4 Å². The van der Waals surface area contributed by atoms with Crippen molar-refractivity contribution in [2.75, 3.05) is 19.1 Å². The minimum atomic E-state index is 0.693. The van der Waals surface area contributed by atoms with Crippen LogP contribution >= 0.6 is 0 Å². The van der Waals surface area contributed by atoms with Gasteiger partial charge in [0, 0.05) is 24.8 Å². The van der Waals surface area contributed by atoms with Gasteiger partial charge in [-0.1, -0.05) is 12.1 Å². The Hall–Kier alpha value is -2.29. The summed E-state index contributed by atoms with van der Waals surface area (Å²) in [6, 6.07) is 15.6. The standard InChI is InChI=1S/C16H17NO2/c1-17(15-8-6-13(12-18)7-9-15)11-14-4-3-5-16(10-14)19-2/h3-10,12H,11H2,1-2H3. The molecule has 2 rings (SSSR count). The number of nitrogens with zero attached hydrogens (tertiary/aromatic N) is 1. The molecule has 0 heterocycles. The normalized spacial score (nSPS) is 10.0. The summed E-state index contributed by atoms with van der Waals surface area (Å²) < 4.78 is 5.22. The molecule has 0 N–H and O–H groups in total. The van der Waals surface area contributed by atoms with Crippen LogP contribution in [0, 0.1) is 0 Å². The first kappa shape index (κ1) is 13.1. The van der Waals surface area contributed by atoms with Crippen LogP contribution in [-0.2, 0) is 6.54 Å². The fourth-order valence-corrected chi connectivity index (χ4v) is 1.94. The Bertz CT molecular complexity index is 549. The second-order valence-corrected chi connectivity index (χ2v) is 4.42. The zero-order chi connectivity index (χ0) is 13.7. The maximum atomic E-state index is 10.6. The third kappa shape index (κ3) is 3.35. The number of anilines is 1. The van der Waals surface area contributed by atoms with Crippen molar-refractivity contribution in [3.05, 3.63) is 59.7 Å². The molecule has 0 atom stereocenters. The van der Waals surface area contributed by atoms with Gasteiger partial charge in [0.25, 0.3) is 0 Å². The Balaban J connectivity index is 2.10. The molecule has 19 heavy (non-hydrogen) atoms. The monoisotopic (exact) mass is 255 g/mol. The summed E-state index contributed by atoms with van der Waals surface area (Å²) in [5, 5.41) is 0. The smallest absolute Gasteiger partial charge is 0.150 e. The molecule has 0 aliphatic heterocycles. The van der Waals surface area contributed by atoms with Gasteiger partial charge in [-0.25, -0.2) is 0 Å². The fraction of sp³-hybridized carbons (Fsp3) is 0.188. The van der Waals surface area contributed by atoms with Crippen molar-refractivity contribution in [2.24, 2.45) is 0 Å². The van der Waals surface area contributed by atoms with Gasteiger partial charge in [0.15, 0.2) is 0 Å². The van der Waals surface area contributed by atoms with Crippen LogP contribution in [0.1, 0.15) is 15.9 Å². The van der Waals surface area contributed by atoms with Crippen LogP contribution in [0.5, 0.6) is 5.75 Å². The molecule has 0 saturated heterocycles. The summed E-state index contributed by atoms with van der Waals surface area (Å²) in [6.45, 7) is 0.789. The van der Waals surface area contributed by atoms with Crippen molar-refractivity contribution in [1.29, 1.82) is 0 Å². The highest BCUT2D eigenvalue weighted by molar-refractivity contribution is 5.75. The lowest BCUT2D eigenvalue weighted by Gasteiger charge is -2.19. The van der Waals surface area contributed by atoms with Crippen molar-refractivity contribution in [1.82, 2.24) is 0 Å². The van der Waals surface area contributed by atoms with Crippen LogP contribution in [0.3, 0.4) is 0 Å². The summed E-state index contributed by atoms with van der Waals surface area (Å²) in [6.07, 6.45) is 0.853. The van der Waals surface area contributed by atoms with Crippen LogP contribution < -0.4 is 9.64 Å². The van der Waals surface area contributed by atoms with Crippen molar-refractivity contribution >= 4 is 12.0 Å². The molecule has 3 heteroatoms. The molecular formula is C16H17NO2. The maximum Gasteiger partial charge on any atom is 0.150 e. The zero-order valence-corrected chi connectivity index (χ0v) is 11.2. The SMILES string of the molecule is COc1cccc(CN(C)c2ccc(C=O)cc2)c1. The molecule has 3 nitrogen and oxygen atoms in total. The van der Waals surface area contributed by atoms with E-state index in [9.17, 15) is 4.79 Å². The van der Waals surface area contributed by atoms with E-state index in [1.165, 1.54) is 5.56 Å². The van der Waals surface area contributed by atoms with E-state index >= 15 is 0 Å². The minimum absolute atomic E-state index is 0.693. The predicted molar refractivity (Wildman–Crippen MR) is 76.9 cm³/mol. The number of aldehydes is 1. The summed E-state index contributed by atoms with van der Waals surface area (Å²) >= 11 is 0. The van der Waals surface area contributed by atoms with E-state index in [1.54, 1.807) is 7.11 Å². The van der Waals surface area contributed by atoms with Gasteiger partial charge in [-0.2, -0.15) is 0 Å². The van der Waals surface area contributed by atoms with Gasteiger partial charge in [0.1, 0.15) is 12.0 Å². The van der Waals surface area contributed by atoms with Crippen LogP contribution in [0.25, 0.3) is 0 Å². The van der Waals surface area contributed by atoms with E-state index in [0.717, 1.165) is 24.3 Å². The first-order valence-corrected chi connectivity index (χ1v) is 6.12. The van der Waals surface area contributed by atoms with Crippen LogP contribution in [0.2, 0.25) is 0 Å². The quantitative estimate of drug-likeness (QED) is 0.769. The molecule has 0 fully saturated rings. The average Bonchev–Trinajstić information content (AvgIpc) is 2.47. The summed E-state index contributed by atoms with van der Waals surface area (Å²) in [4.78, 5) is 12.8. The second-order valence-electron chi connectivity index (χ2n) is 4.42. The molecule has 0 bridgehead atoms. The summed E-state index contributed by atoms with van der Waals surface area (Å²) in [7, 11) is 3.69. The Morgan fingerprint density at radius 1 is 1.16 bits per heavy atom. The molecule has 98 valence electrons. The van der Waals surface area contributed by atoms with E-state index in [1.807, 2.05) is 49.5 Å². The van der Waals surface area contributed by atoms with Gasteiger partial charge >= 0.3 is 0 Å². The third-order valence-electron chi connectivity index (χ3n) is 3.02. The van der Waals surface area contributed by atoms with E-state index < -0.39 is 0 Å². The highest BCUT2D eigenvalue weighted by Gasteiger charge is 2.03. The number of benzene rings is 2. The zero-order valence-electron chi connectivity index (χ0n) is 11.2. The molecule has 0 aliphatic carbocycles. The largest absolute Gasteiger partial charge is 0.497 e. The highest BCUT2D eigenvalue weighted by atomic mass is 16.5. The summed E-state index contributed by atoms with van der Waals surface area (Å²) in [5.41, 5.74) is 2.95. The van der Waals surface area contributed by atoms with Crippen molar-refractivity contribution in [3.63, 3.8) is 0 Å². The number of carbonyl (C=O) groups excluding carboxylic acids is 1. The van der Waals surface area contributed by atoms with Crippen LogP contribution in [0.4, 0.5) is 5.69 Å². The molecule has 0 radical (unpaired) electrons. The van der Waals surface area contributed by atoms with Gasteiger partial charge in [0.05, 0.1) is 7.11 Å². The van der Waals surface area contributed by atoms with Gasteiger partial charge in [0.2, 0.25) is 0 Å². The Morgan fingerprint density at radius 3 is 2.53 bits per heavy atom. The van der Waals surface area contributed by atoms with Gasteiger partial charge in [-0.3, -0.25) is 4.79 Å². The van der Waals surface area contributed by atoms with Gasteiger partial charge < -0.3 is 9.64 Å². The Morgan fingerprint density at radius 2 is 1.89 bits per heavy atom. The van der Waals surface area contributed by atoms with Crippen molar-refractivity contribution in [3.8, 4) is 5.75 Å². The number of ether oxygens (including phenoxy) is 1. The van der Waals surface area contributed by atoms with Crippen molar-refractivity contribution < 1.29 is 9.53 Å². The van der Waals surface area contributed by atoms with E-state index in [2.05, 4.69) is 11.0 Å². The molecular weight excluding hydrogens is 238 g/mol. The fourth-order valence-electron chi connectivity index (χ4n) is 1.94. The topological polar surface area (TPSA) is 29.5 Å². The number of hydrogen-bond donors (Lipinski definition) is 0. The lowest BCUT2D eigenvalue weighted by atomic mass is 10.1. The van der Waals surface area contributed by atoms with E-state index in [-0.39, 0.29) is 0 Å². The molecule has 2 aromatic carbocycles. The predicted octanol–water partition coefficient (Wildman–Crippen LogP) is 3.14. The van der Waals surface area contributed by atoms with Gasteiger partial charge in [-0.05, 0) is 42.0 Å². The number of rotatable bonds is 5. The third-order valence-corrected chi connectivity index (χ3v) is 3.02. The Kier molecular flexibility index (Phi) is 4.18. The Labute approximate surface area is 113 Å². The number of hydrogen-bond acceptors (Lipinski definition) is 3. The first-order valence-electron chi connectivity index (χ1n) is 6.12. The number of carbonyl (C=O) groups is 1. The molecule has 0 unspecified atom stereocenters.